The molecule has 1 aromatic heterocycles. The molecule has 0 fully saturated rings. The van der Waals surface area contributed by atoms with Gasteiger partial charge in [0.2, 0.25) is 0 Å². The molecular weight excluding hydrogens is 140 g/mol. The number of hydrogen-bond donors (Lipinski definition) is 0. The molecule has 3 nitrogen and oxygen atoms in total. The Morgan fingerprint density at radius 3 is 2.64 bits per heavy atom. The molecule has 0 N–H and O–H groups in total. The quantitative estimate of drug-likeness (QED) is 0.598. The van der Waals surface area contributed by atoms with Crippen molar-refractivity contribution in [1.82, 2.24) is 9.55 Å². The first-order valence-electron chi connectivity index (χ1n) is 3.70. The third-order valence-electron chi connectivity index (χ3n) is 1.66. The highest BCUT2D eigenvalue weighted by Gasteiger charge is 1.98. The van der Waals surface area contributed by atoms with Gasteiger partial charge in [0, 0.05) is 17.9 Å². The average Bonchev–Trinajstić information content (AvgIpc) is 1.85. The standard InChI is InChI=1S/C8H12N2O/c1-4-10-7(3)5-6(2)9-8(10)11/h5H,4H2,1-3H3. The zero-order chi connectivity index (χ0) is 8.43. The second kappa shape index (κ2) is 2.86. The Hall–Kier alpha value is -1.12. The van der Waals surface area contributed by atoms with Crippen molar-refractivity contribution in [3.8, 4) is 0 Å². The number of aryl methyl sites for hydroxylation is 2. The predicted molar refractivity (Wildman–Crippen MR) is 43.6 cm³/mol. The van der Waals surface area contributed by atoms with Crippen LogP contribution in [0, 0.1) is 13.8 Å². The second-order valence-corrected chi connectivity index (χ2v) is 2.57. The first-order chi connectivity index (χ1) is 5.15. The van der Waals surface area contributed by atoms with E-state index in [2.05, 4.69) is 4.98 Å². The zero-order valence-corrected chi connectivity index (χ0v) is 7.09. The molecule has 1 heterocycles. The van der Waals surface area contributed by atoms with Gasteiger partial charge in [-0.2, -0.15) is 4.98 Å². The van der Waals surface area contributed by atoms with E-state index in [1.165, 1.54) is 0 Å². The fourth-order valence-electron chi connectivity index (χ4n) is 1.16. The van der Waals surface area contributed by atoms with Crippen molar-refractivity contribution in [2.24, 2.45) is 0 Å². The molecule has 11 heavy (non-hydrogen) atoms. The van der Waals surface area contributed by atoms with Crippen LogP contribution in [-0.2, 0) is 6.54 Å². The van der Waals surface area contributed by atoms with Crippen LogP contribution in [0.4, 0.5) is 0 Å². The van der Waals surface area contributed by atoms with E-state index in [9.17, 15) is 4.79 Å². The number of aromatic nitrogens is 2. The van der Waals surface area contributed by atoms with Gasteiger partial charge in [0.15, 0.2) is 0 Å². The van der Waals surface area contributed by atoms with E-state index in [4.69, 9.17) is 0 Å². The van der Waals surface area contributed by atoms with Crippen molar-refractivity contribution >= 4 is 0 Å². The molecule has 0 aromatic carbocycles. The van der Waals surface area contributed by atoms with Gasteiger partial charge in [-0.15, -0.1) is 0 Å². The summed E-state index contributed by atoms with van der Waals surface area (Å²) in [5, 5.41) is 0. The van der Waals surface area contributed by atoms with Gasteiger partial charge in [0.25, 0.3) is 0 Å². The van der Waals surface area contributed by atoms with Crippen LogP contribution in [0.2, 0.25) is 0 Å². The van der Waals surface area contributed by atoms with Crippen molar-refractivity contribution in [2.45, 2.75) is 27.3 Å². The summed E-state index contributed by atoms with van der Waals surface area (Å²) in [4.78, 5) is 15.0. The van der Waals surface area contributed by atoms with Gasteiger partial charge in [0.1, 0.15) is 0 Å². The summed E-state index contributed by atoms with van der Waals surface area (Å²) in [6.45, 7) is 6.37. The molecule has 60 valence electrons. The first-order valence-corrected chi connectivity index (χ1v) is 3.70. The average molecular weight is 152 g/mol. The third-order valence-corrected chi connectivity index (χ3v) is 1.66. The van der Waals surface area contributed by atoms with Gasteiger partial charge in [-0.25, -0.2) is 4.79 Å². The SMILES string of the molecule is CCn1c(C)cc(C)nc1=O. The molecule has 0 saturated carbocycles. The molecule has 1 aromatic rings. The summed E-state index contributed by atoms with van der Waals surface area (Å²) in [5.74, 6) is 0. The lowest BCUT2D eigenvalue weighted by Crippen LogP contribution is -2.24. The van der Waals surface area contributed by atoms with Gasteiger partial charge < -0.3 is 0 Å². The van der Waals surface area contributed by atoms with Crippen LogP contribution in [0.5, 0.6) is 0 Å². The molecular formula is C8H12N2O. The molecule has 0 saturated heterocycles. The fraction of sp³-hybridized carbons (Fsp3) is 0.500. The van der Waals surface area contributed by atoms with Crippen LogP contribution >= 0.6 is 0 Å². The Bertz CT molecular complexity index is 314. The number of rotatable bonds is 1. The van der Waals surface area contributed by atoms with Crippen LogP contribution in [0.15, 0.2) is 10.9 Å². The molecule has 3 heteroatoms. The summed E-state index contributed by atoms with van der Waals surface area (Å²) in [5.41, 5.74) is 1.62. The highest BCUT2D eigenvalue weighted by molar-refractivity contribution is 5.06. The van der Waals surface area contributed by atoms with Gasteiger partial charge in [0.05, 0.1) is 0 Å². The zero-order valence-electron chi connectivity index (χ0n) is 7.09. The highest BCUT2D eigenvalue weighted by atomic mass is 16.1. The lowest BCUT2D eigenvalue weighted by molar-refractivity contribution is 0.669. The monoisotopic (exact) mass is 152 g/mol. The summed E-state index contributed by atoms with van der Waals surface area (Å²) < 4.78 is 1.65. The second-order valence-electron chi connectivity index (χ2n) is 2.57. The topological polar surface area (TPSA) is 34.9 Å². The minimum atomic E-state index is -0.148. The van der Waals surface area contributed by atoms with Gasteiger partial charge >= 0.3 is 5.69 Å². The Kier molecular flexibility index (Phi) is 2.08. The smallest absolute Gasteiger partial charge is 0.297 e. The van der Waals surface area contributed by atoms with E-state index in [-0.39, 0.29) is 5.69 Å². The van der Waals surface area contributed by atoms with Crippen LogP contribution in [0.3, 0.4) is 0 Å². The van der Waals surface area contributed by atoms with Crippen LogP contribution in [-0.4, -0.2) is 9.55 Å². The van der Waals surface area contributed by atoms with E-state index >= 15 is 0 Å². The van der Waals surface area contributed by atoms with Crippen molar-refractivity contribution < 1.29 is 0 Å². The number of hydrogen-bond acceptors (Lipinski definition) is 2. The van der Waals surface area contributed by atoms with Crippen LogP contribution in [0.1, 0.15) is 18.3 Å². The van der Waals surface area contributed by atoms with Crippen molar-refractivity contribution in [1.29, 1.82) is 0 Å². The van der Waals surface area contributed by atoms with E-state index in [0.717, 1.165) is 11.4 Å². The lowest BCUT2D eigenvalue weighted by atomic mass is 10.3. The van der Waals surface area contributed by atoms with E-state index in [0.29, 0.717) is 6.54 Å². The molecule has 0 atom stereocenters. The maximum Gasteiger partial charge on any atom is 0.347 e. The minimum absolute atomic E-state index is 0.148. The molecule has 0 unspecified atom stereocenters. The van der Waals surface area contributed by atoms with E-state index in [1.807, 2.05) is 26.8 Å². The van der Waals surface area contributed by atoms with Crippen LogP contribution in [0.25, 0.3) is 0 Å². The Labute approximate surface area is 65.7 Å². The van der Waals surface area contributed by atoms with Gasteiger partial charge in [-0.3, -0.25) is 4.57 Å². The highest BCUT2D eigenvalue weighted by Crippen LogP contribution is 1.95. The summed E-state index contributed by atoms with van der Waals surface area (Å²) in [6, 6.07) is 1.91. The minimum Gasteiger partial charge on any atom is -0.297 e. The van der Waals surface area contributed by atoms with Crippen molar-refractivity contribution in [3.63, 3.8) is 0 Å². The molecule has 0 radical (unpaired) electrons. The molecule has 0 aliphatic heterocycles. The summed E-state index contributed by atoms with van der Waals surface area (Å²) in [7, 11) is 0. The molecule has 0 aliphatic carbocycles. The first kappa shape index (κ1) is 7.98. The van der Waals surface area contributed by atoms with E-state index < -0.39 is 0 Å². The van der Waals surface area contributed by atoms with Gasteiger partial charge in [-0.05, 0) is 26.8 Å². The van der Waals surface area contributed by atoms with Crippen LogP contribution < -0.4 is 5.69 Å². The van der Waals surface area contributed by atoms with E-state index in [1.54, 1.807) is 4.57 Å². The molecule has 0 spiro atoms. The Morgan fingerprint density at radius 2 is 2.18 bits per heavy atom. The maximum atomic E-state index is 11.1. The third kappa shape index (κ3) is 1.48. The van der Waals surface area contributed by atoms with Crippen molar-refractivity contribution in [3.05, 3.63) is 27.9 Å². The van der Waals surface area contributed by atoms with Crippen molar-refractivity contribution in [2.75, 3.05) is 0 Å². The molecule has 0 amide bonds. The normalized spacial score (nSPS) is 10.1. The summed E-state index contributed by atoms with van der Waals surface area (Å²) >= 11 is 0. The largest absolute Gasteiger partial charge is 0.347 e. The predicted octanol–water partition coefficient (Wildman–Crippen LogP) is 0.880. The number of nitrogens with zero attached hydrogens (tertiary/aromatic N) is 2. The summed E-state index contributed by atoms with van der Waals surface area (Å²) in [6.07, 6.45) is 0. The molecule has 0 bridgehead atoms. The fourth-order valence-corrected chi connectivity index (χ4v) is 1.16. The molecule has 1 rings (SSSR count). The Balaban J connectivity index is 3.37. The Morgan fingerprint density at radius 1 is 1.55 bits per heavy atom. The lowest BCUT2D eigenvalue weighted by Gasteiger charge is -2.05. The van der Waals surface area contributed by atoms with Gasteiger partial charge in [-0.1, -0.05) is 0 Å². The maximum absolute atomic E-state index is 11.1. The molecule has 0 aliphatic rings.